The lowest BCUT2D eigenvalue weighted by atomic mass is 9.68. The smallest absolute Gasteiger partial charge is 0.233 e. The van der Waals surface area contributed by atoms with Crippen LogP contribution in [0.5, 0.6) is 0 Å². The molecule has 0 unspecified atom stereocenters. The minimum absolute atomic E-state index is 0.0326. The number of primary sulfonamides is 1. The standard InChI is InChI=1S/C18H26N2O3S/c19-24(22,23)14-15-9-12-20(13-15)17(21)18(10-5-2-6-11-18)16-7-3-1-4-8-16/h1,3-4,7-8,15H,2,5-6,9-14H2,(H2,19,22,23)/t15-/m0/s1. The molecule has 3 rings (SSSR count). The highest BCUT2D eigenvalue weighted by Gasteiger charge is 2.45. The van der Waals surface area contributed by atoms with Crippen molar-refractivity contribution in [3.05, 3.63) is 35.9 Å². The van der Waals surface area contributed by atoms with Crippen molar-refractivity contribution < 1.29 is 13.2 Å². The van der Waals surface area contributed by atoms with Crippen LogP contribution in [-0.2, 0) is 20.2 Å². The third kappa shape index (κ3) is 3.64. The first kappa shape index (κ1) is 17.4. The fourth-order valence-corrected chi connectivity index (χ4v) is 5.25. The van der Waals surface area contributed by atoms with Crippen molar-refractivity contribution in [3.63, 3.8) is 0 Å². The van der Waals surface area contributed by atoms with Crippen LogP contribution in [0.15, 0.2) is 30.3 Å². The molecule has 1 heterocycles. The number of benzene rings is 1. The minimum Gasteiger partial charge on any atom is -0.342 e. The second-order valence-corrected chi connectivity index (χ2v) is 8.90. The predicted octanol–water partition coefficient (Wildman–Crippen LogP) is 2.03. The molecule has 2 aliphatic rings. The summed E-state index contributed by atoms with van der Waals surface area (Å²) in [5.41, 5.74) is 0.667. The van der Waals surface area contributed by atoms with Crippen LogP contribution in [0.2, 0.25) is 0 Å². The Morgan fingerprint density at radius 3 is 2.46 bits per heavy atom. The van der Waals surface area contributed by atoms with E-state index in [0.717, 1.165) is 31.2 Å². The number of nitrogens with zero attached hydrogens (tertiary/aromatic N) is 1. The number of carbonyl (C=O) groups is 1. The van der Waals surface area contributed by atoms with Crippen LogP contribution in [-0.4, -0.2) is 38.1 Å². The first-order valence-corrected chi connectivity index (χ1v) is 10.5. The first-order chi connectivity index (χ1) is 11.4. The van der Waals surface area contributed by atoms with Crippen LogP contribution in [0.4, 0.5) is 0 Å². The molecule has 0 spiro atoms. The van der Waals surface area contributed by atoms with Gasteiger partial charge in [-0.1, -0.05) is 49.6 Å². The van der Waals surface area contributed by atoms with Gasteiger partial charge >= 0.3 is 0 Å². The molecular formula is C18H26N2O3S. The van der Waals surface area contributed by atoms with Crippen LogP contribution >= 0.6 is 0 Å². The van der Waals surface area contributed by atoms with Gasteiger partial charge in [0.2, 0.25) is 15.9 Å². The summed E-state index contributed by atoms with van der Waals surface area (Å²) in [6.07, 6.45) is 5.78. The molecule has 1 aromatic carbocycles. The first-order valence-electron chi connectivity index (χ1n) is 8.76. The minimum atomic E-state index is -3.49. The van der Waals surface area contributed by atoms with E-state index in [9.17, 15) is 13.2 Å². The number of likely N-dealkylation sites (tertiary alicyclic amines) is 1. The zero-order valence-electron chi connectivity index (χ0n) is 14.0. The van der Waals surface area contributed by atoms with Crippen molar-refractivity contribution >= 4 is 15.9 Å². The average Bonchev–Trinajstić information content (AvgIpc) is 3.02. The van der Waals surface area contributed by atoms with E-state index < -0.39 is 15.4 Å². The van der Waals surface area contributed by atoms with Gasteiger partial charge in [-0.25, -0.2) is 13.6 Å². The molecular weight excluding hydrogens is 324 g/mol. The summed E-state index contributed by atoms with van der Waals surface area (Å²) in [4.78, 5) is 15.2. The fraction of sp³-hybridized carbons (Fsp3) is 0.611. The van der Waals surface area contributed by atoms with Crippen molar-refractivity contribution in [1.82, 2.24) is 4.90 Å². The van der Waals surface area contributed by atoms with Crippen molar-refractivity contribution in [1.29, 1.82) is 0 Å². The van der Waals surface area contributed by atoms with Gasteiger partial charge in [0.1, 0.15) is 0 Å². The third-order valence-electron chi connectivity index (χ3n) is 5.48. The highest BCUT2D eigenvalue weighted by Crippen LogP contribution is 2.41. The molecule has 24 heavy (non-hydrogen) atoms. The second-order valence-electron chi connectivity index (χ2n) is 7.24. The number of rotatable bonds is 4. The summed E-state index contributed by atoms with van der Waals surface area (Å²) < 4.78 is 22.6. The molecule has 5 nitrogen and oxygen atoms in total. The topological polar surface area (TPSA) is 80.5 Å². The summed E-state index contributed by atoms with van der Waals surface area (Å²) in [6.45, 7) is 1.14. The van der Waals surface area contributed by atoms with Crippen molar-refractivity contribution in [2.24, 2.45) is 11.1 Å². The lowest BCUT2D eigenvalue weighted by Crippen LogP contribution is -2.47. The van der Waals surface area contributed by atoms with Crippen LogP contribution in [0.3, 0.4) is 0 Å². The van der Waals surface area contributed by atoms with E-state index in [4.69, 9.17) is 5.14 Å². The molecule has 132 valence electrons. The molecule has 1 saturated carbocycles. The van der Waals surface area contributed by atoms with E-state index in [1.165, 1.54) is 6.42 Å². The normalized spacial score (nSPS) is 24.0. The number of hydrogen-bond donors (Lipinski definition) is 1. The van der Waals surface area contributed by atoms with E-state index in [2.05, 4.69) is 12.1 Å². The monoisotopic (exact) mass is 350 g/mol. The van der Waals surface area contributed by atoms with Gasteiger partial charge in [-0.2, -0.15) is 0 Å². The van der Waals surface area contributed by atoms with Crippen LogP contribution in [0.25, 0.3) is 0 Å². The Hall–Kier alpha value is -1.40. The SMILES string of the molecule is NS(=O)(=O)C[C@H]1CCN(C(=O)C2(c3ccccc3)CCCCC2)C1. The lowest BCUT2D eigenvalue weighted by Gasteiger charge is -2.39. The molecule has 0 radical (unpaired) electrons. The van der Waals surface area contributed by atoms with Gasteiger partial charge in [0.05, 0.1) is 11.2 Å². The van der Waals surface area contributed by atoms with Crippen LogP contribution in [0.1, 0.15) is 44.1 Å². The Morgan fingerprint density at radius 2 is 1.83 bits per heavy atom. The Bertz CT molecular complexity index is 681. The van der Waals surface area contributed by atoms with Crippen molar-refractivity contribution in [2.45, 2.75) is 43.9 Å². The molecule has 1 saturated heterocycles. The molecule has 6 heteroatoms. The molecule has 1 amide bonds. The summed E-state index contributed by atoms with van der Waals surface area (Å²) >= 11 is 0. The lowest BCUT2D eigenvalue weighted by molar-refractivity contribution is -0.137. The predicted molar refractivity (Wildman–Crippen MR) is 93.9 cm³/mol. The van der Waals surface area contributed by atoms with Gasteiger partial charge in [0.25, 0.3) is 0 Å². The van der Waals surface area contributed by atoms with Gasteiger partial charge in [0.15, 0.2) is 0 Å². The zero-order chi connectivity index (χ0) is 17.2. The quantitative estimate of drug-likeness (QED) is 0.902. The van der Waals surface area contributed by atoms with Crippen LogP contribution in [0, 0.1) is 5.92 Å². The Labute approximate surface area is 144 Å². The molecule has 2 fully saturated rings. The maximum Gasteiger partial charge on any atom is 0.233 e. The van der Waals surface area contributed by atoms with E-state index in [-0.39, 0.29) is 17.6 Å². The summed E-state index contributed by atoms with van der Waals surface area (Å²) in [7, 11) is -3.49. The second kappa shape index (κ2) is 6.84. The third-order valence-corrected chi connectivity index (χ3v) is 6.42. The fourth-order valence-electron chi connectivity index (χ4n) is 4.32. The van der Waals surface area contributed by atoms with E-state index in [0.29, 0.717) is 19.5 Å². The highest BCUT2D eigenvalue weighted by atomic mass is 32.2. The van der Waals surface area contributed by atoms with Gasteiger partial charge in [-0.05, 0) is 30.7 Å². The van der Waals surface area contributed by atoms with Gasteiger partial charge in [0, 0.05) is 13.1 Å². The zero-order valence-corrected chi connectivity index (χ0v) is 14.8. The molecule has 1 aliphatic carbocycles. The van der Waals surface area contributed by atoms with Crippen molar-refractivity contribution in [2.75, 3.05) is 18.8 Å². The van der Waals surface area contributed by atoms with Gasteiger partial charge in [-0.3, -0.25) is 4.79 Å². The molecule has 0 aromatic heterocycles. The number of sulfonamides is 1. The molecule has 0 bridgehead atoms. The van der Waals surface area contributed by atoms with Gasteiger partial charge < -0.3 is 4.90 Å². The Morgan fingerprint density at radius 1 is 1.17 bits per heavy atom. The largest absolute Gasteiger partial charge is 0.342 e. The number of amides is 1. The average molecular weight is 350 g/mol. The molecule has 1 aliphatic heterocycles. The van der Waals surface area contributed by atoms with E-state index in [1.807, 2.05) is 23.1 Å². The van der Waals surface area contributed by atoms with E-state index in [1.54, 1.807) is 0 Å². The van der Waals surface area contributed by atoms with Crippen molar-refractivity contribution in [3.8, 4) is 0 Å². The van der Waals surface area contributed by atoms with Crippen LogP contribution < -0.4 is 5.14 Å². The highest BCUT2D eigenvalue weighted by molar-refractivity contribution is 7.89. The Balaban J connectivity index is 1.80. The maximum absolute atomic E-state index is 13.4. The molecule has 2 N–H and O–H groups in total. The molecule has 1 atom stereocenters. The van der Waals surface area contributed by atoms with E-state index >= 15 is 0 Å². The summed E-state index contributed by atoms with van der Waals surface area (Å²) in [5.74, 6) is 0.0976. The maximum atomic E-state index is 13.4. The molecule has 1 aromatic rings. The number of hydrogen-bond acceptors (Lipinski definition) is 3. The summed E-state index contributed by atoms with van der Waals surface area (Å²) in [6, 6.07) is 10.1. The Kier molecular flexibility index (Phi) is 4.97. The summed E-state index contributed by atoms with van der Waals surface area (Å²) in [5, 5.41) is 5.17. The van der Waals surface area contributed by atoms with Gasteiger partial charge in [-0.15, -0.1) is 0 Å². The number of nitrogens with two attached hydrogens (primary N) is 1. The number of carbonyl (C=O) groups excluding carboxylic acids is 1.